The smallest absolute Gasteiger partial charge is 0.235 e. The number of rotatable bonds is 4. The van der Waals surface area contributed by atoms with E-state index in [0.717, 1.165) is 37.1 Å². The monoisotopic (exact) mass is 381 g/mol. The predicted octanol–water partition coefficient (Wildman–Crippen LogP) is 4.07. The highest BCUT2D eigenvalue weighted by atomic mass is 35.5. The highest BCUT2D eigenvalue weighted by Gasteiger charge is 2.42. The van der Waals surface area contributed by atoms with Crippen molar-refractivity contribution in [2.45, 2.75) is 38.0 Å². The molecular formula is C20H20ClN5O. The molecule has 1 amide bonds. The van der Waals surface area contributed by atoms with Crippen LogP contribution in [-0.4, -0.2) is 25.4 Å². The van der Waals surface area contributed by atoms with Gasteiger partial charge in [0.2, 0.25) is 11.9 Å². The molecule has 7 heteroatoms. The number of halogens is 1. The Balaban J connectivity index is 1.57. The molecule has 1 aromatic carbocycles. The standard InChI is InChI=1S/C20H20ClN5O/c1-14-22-10-11-26(14)19-23-12-17(13-24-19)25-18(27)20(8-2-3-9-20)15-4-6-16(21)7-5-15/h4-7,10-13H,2-3,8-9H2,1H3,(H,25,27). The van der Waals surface area contributed by atoms with Crippen molar-refractivity contribution >= 4 is 23.2 Å². The van der Waals surface area contributed by atoms with Crippen LogP contribution in [0.2, 0.25) is 5.02 Å². The Hall–Kier alpha value is -2.73. The predicted molar refractivity (Wildman–Crippen MR) is 104 cm³/mol. The molecule has 0 spiro atoms. The molecule has 1 N–H and O–H groups in total. The first-order valence-electron chi connectivity index (χ1n) is 8.98. The van der Waals surface area contributed by atoms with Gasteiger partial charge in [0, 0.05) is 17.4 Å². The summed E-state index contributed by atoms with van der Waals surface area (Å²) in [4.78, 5) is 26.0. The first-order chi connectivity index (χ1) is 13.1. The Morgan fingerprint density at radius 1 is 1.11 bits per heavy atom. The fourth-order valence-corrected chi connectivity index (χ4v) is 3.87. The molecule has 0 radical (unpaired) electrons. The molecule has 2 heterocycles. The van der Waals surface area contributed by atoms with Crippen molar-refractivity contribution in [2.75, 3.05) is 5.32 Å². The zero-order valence-corrected chi connectivity index (χ0v) is 15.8. The number of anilines is 1. The van der Waals surface area contributed by atoms with Crippen LogP contribution in [-0.2, 0) is 10.2 Å². The molecule has 0 aliphatic heterocycles. The lowest BCUT2D eigenvalue weighted by Crippen LogP contribution is -2.38. The van der Waals surface area contributed by atoms with Crippen molar-refractivity contribution < 1.29 is 4.79 Å². The number of carbonyl (C=O) groups excluding carboxylic acids is 1. The Morgan fingerprint density at radius 2 is 1.78 bits per heavy atom. The second-order valence-electron chi connectivity index (χ2n) is 6.87. The topological polar surface area (TPSA) is 72.7 Å². The molecule has 0 unspecified atom stereocenters. The summed E-state index contributed by atoms with van der Waals surface area (Å²) < 4.78 is 1.79. The lowest BCUT2D eigenvalue weighted by Gasteiger charge is -2.28. The summed E-state index contributed by atoms with van der Waals surface area (Å²) in [7, 11) is 0. The maximum atomic E-state index is 13.2. The van der Waals surface area contributed by atoms with E-state index in [9.17, 15) is 4.79 Å². The SMILES string of the molecule is Cc1nccn1-c1ncc(NC(=O)C2(c3ccc(Cl)cc3)CCCC2)cn1. The normalized spacial score (nSPS) is 15.6. The van der Waals surface area contributed by atoms with Gasteiger partial charge in [0.05, 0.1) is 23.5 Å². The second-order valence-corrected chi connectivity index (χ2v) is 7.30. The van der Waals surface area contributed by atoms with Crippen LogP contribution in [0.3, 0.4) is 0 Å². The molecular weight excluding hydrogens is 362 g/mol. The van der Waals surface area contributed by atoms with Crippen molar-refractivity contribution in [3.63, 3.8) is 0 Å². The minimum atomic E-state index is -0.524. The number of amides is 1. The minimum absolute atomic E-state index is 0.0162. The highest BCUT2D eigenvalue weighted by molar-refractivity contribution is 6.30. The number of carbonyl (C=O) groups is 1. The number of hydrogen-bond acceptors (Lipinski definition) is 4. The summed E-state index contributed by atoms with van der Waals surface area (Å²) in [6, 6.07) is 7.59. The zero-order valence-electron chi connectivity index (χ0n) is 15.0. The van der Waals surface area contributed by atoms with Crippen LogP contribution >= 0.6 is 11.6 Å². The maximum absolute atomic E-state index is 13.2. The van der Waals surface area contributed by atoms with Crippen LogP contribution in [0, 0.1) is 6.92 Å². The van der Waals surface area contributed by atoms with Gasteiger partial charge >= 0.3 is 0 Å². The van der Waals surface area contributed by atoms with Crippen molar-refractivity contribution in [1.29, 1.82) is 0 Å². The minimum Gasteiger partial charge on any atom is -0.323 e. The first kappa shape index (κ1) is 17.7. The van der Waals surface area contributed by atoms with Crippen LogP contribution in [0.4, 0.5) is 5.69 Å². The van der Waals surface area contributed by atoms with Gasteiger partial charge in [0.25, 0.3) is 0 Å². The van der Waals surface area contributed by atoms with E-state index in [1.54, 1.807) is 29.4 Å². The number of aryl methyl sites for hydroxylation is 1. The third kappa shape index (κ3) is 3.32. The molecule has 0 bridgehead atoms. The average Bonchev–Trinajstić information content (AvgIpc) is 3.33. The molecule has 1 fully saturated rings. The van der Waals surface area contributed by atoms with Crippen molar-refractivity contribution in [3.8, 4) is 5.95 Å². The number of imidazole rings is 1. The number of nitrogens with zero attached hydrogens (tertiary/aromatic N) is 4. The Kier molecular flexibility index (Phi) is 4.66. The van der Waals surface area contributed by atoms with Gasteiger partial charge in [0.1, 0.15) is 5.82 Å². The lowest BCUT2D eigenvalue weighted by molar-refractivity contribution is -0.121. The fraction of sp³-hybridized carbons (Fsp3) is 0.300. The molecule has 27 heavy (non-hydrogen) atoms. The van der Waals surface area contributed by atoms with E-state index in [1.165, 1.54) is 0 Å². The van der Waals surface area contributed by atoms with Crippen LogP contribution in [0.25, 0.3) is 5.95 Å². The van der Waals surface area contributed by atoms with E-state index in [1.807, 2.05) is 31.2 Å². The molecule has 138 valence electrons. The van der Waals surface area contributed by atoms with Gasteiger partial charge in [-0.05, 0) is 37.5 Å². The van der Waals surface area contributed by atoms with Gasteiger partial charge in [-0.3, -0.25) is 9.36 Å². The molecule has 1 aliphatic rings. The molecule has 3 aromatic rings. The van der Waals surface area contributed by atoms with Crippen LogP contribution < -0.4 is 5.32 Å². The van der Waals surface area contributed by atoms with Crippen LogP contribution in [0.5, 0.6) is 0 Å². The van der Waals surface area contributed by atoms with E-state index in [4.69, 9.17) is 11.6 Å². The first-order valence-corrected chi connectivity index (χ1v) is 9.36. The molecule has 0 atom stereocenters. The van der Waals surface area contributed by atoms with Gasteiger partial charge in [0.15, 0.2) is 0 Å². The summed E-state index contributed by atoms with van der Waals surface area (Å²) in [5.74, 6) is 1.31. The molecule has 6 nitrogen and oxygen atoms in total. The van der Waals surface area contributed by atoms with E-state index in [-0.39, 0.29) is 5.91 Å². The molecule has 2 aromatic heterocycles. The highest BCUT2D eigenvalue weighted by Crippen LogP contribution is 2.42. The van der Waals surface area contributed by atoms with Crippen LogP contribution in [0.1, 0.15) is 37.1 Å². The molecule has 4 rings (SSSR count). The summed E-state index contributed by atoms with van der Waals surface area (Å²) >= 11 is 6.02. The summed E-state index contributed by atoms with van der Waals surface area (Å²) in [5, 5.41) is 3.68. The largest absolute Gasteiger partial charge is 0.323 e. The summed E-state index contributed by atoms with van der Waals surface area (Å²) in [6.45, 7) is 1.88. The van der Waals surface area contributed by atoms with Crippen molar-refractivity contribution in [3.05, 3.63) is 65.5 Å². The summed E-state index contributed by atoms with van der Waals surface area (Å²) in [6.07, 6.45) is 10.5. The van der Waals surface area contributed by atoms with Gasteiger partial charge in [-0.15, -0.1) is 0 Å². The molecule has 0 saturated heterocycles. The Labute approximate surface area is 162 Å². The quantitative estimate of drug-likeness (QED) is 0.739. The maximum Gasteiger partial charge on any atom is 0.235 e. The average molecular weight is 382 g/mol. The zero-order chi connectivity index (χ0) is 18.9. The number of aromatic nitrogens is 4. The second kappa shape index (κ2) is 7.12. The van der Waals surface area contributed by atoms with E-state index in [2.05, 4.69) is 20.3 Å². The lowest BCUT2D eigenvalue weighted by atomic mass is 9.78. The Bertz CT molecular complexity index is 943. The van der Waals surface area contributed by atoms with Crippen molar-refractivity contribution in [1.82, 2.24) is 19.5 Å². The number of hydrogen-bond donors (Lipinski definition) is 1. The Morgan fingerprint density at radius 3 is 2.37 bits per heavy atom. The molecule has 1 saturated carbocycles. The number of benzene rings is 1. The van der Waals surface area contributed by atoms with E-state index < -0.39 is 5.41 Å². The third-order valence-corrected chi connectivity index (χ3v) is 5.48. The van der Waals surface area contributed by atoms with Gasteiger partial charge in [-0.25, -0.2) is 15.0 Å². The van der Waals surface area contributed by atoms with E-state index >= 15 is 0 Å². The van der Waals surface area contributed by atoms with Gasteiger partial charge < -0.3 is 5.32 Å². The summed E-state index contributed by atoms with van der Waals surface area (Å²) in [5.41, 5.74) is 1.07. The molecule has 1 aliphatic carbocycles. The van der Waals surface area contributed by atoms with Crippen LogP contribution in [0.15, 0.2) is 49.1 Å². The third-order valence-electron chi connectivity index (χ3n) is 5.23. The van der Waals surface area contributed by atoms with E-state index in [0.29, 0.717) is 16.7 Å². The number of nitrogens with one attached hydrogen (secondary N) is 1. The fourth-order valence-electron chi connectivity index (χ4n) is 3.74. The van der Waals surface area contributed by atoms with Gasteiger partial charge in [-0.1, -0.05) is 36.6 Å². The van der Waals surface area contributed by atoms with Crippen molar-refractivity contribution in [2.24, 2.45) is 0 Å². The van der Waals surface area contributed by atoms with Gasteiger partial charge in [-0.2, -0.15) is 0 Å².